The maximum Gasteiger partial charge on any atom is 0.0640 e. The summed E-state index contributed by atoms with van der Waals surface area (Å²) >= 11 is 1.90. The van der Waals surface area contributed by atoms with Crippen molar-refractivity contribution in [2.45, 2.75) is 0 Å². The van der Waals surface area contributed by atoms with Crippen molar-refractivity contribution in [1.82, 2.24) is 0 Å². The van der Waals surface area contributed by atoms with E-state index in [1.165, 1.54) is 86.6 Å². The third kappa shape index (κ3) is 6.54. The van der Waals surface area contributed by atoms with Crippen LogP contribution in [0.3, 0.4) is 0 Å². The van der Waals surface area contributed by atoms with Gasteiger partial charge < -0.3 is 4.90 Å². The van der Waals surface area contributed by atoms with Gasteiger partial charge in [0.15, 0.2) is 0 Å². The van der Waals surface area contributed by atoms with Crippen molar-refractivity contribution in [1.29, 1.82) is 0 Å². The molecule has 0 N–H and O–H groups in total. The normalized spacial score (nSPS) is 11.3. The van der Waals surface area contributed by atoms with Gasteiger partial charge in [0.1, 0.15) is 0 Å². The Balaban J connectivity index is 1.07. The van der Waals surface area contributed by atoms with Crippen molar-refractivity contribution >= 4 is 59.3 Å². The summed E-state index contributed by atoms with van der Waals surface area (Å²) in [5, 5.41) is 5.06. The molecule has 0 saturated carbocycles. The first-order valence-corrected chi connectivity index (χ1v) is 21.3. The number of rotatable bonds is 8. The molecule has 0 aliphatic carbocycles. The molecule has 0 aliphatic heterocycles. The van der Waals surface area contributed by atoms with E-state index >= 15 is 0 Å². The van der Waals surface area contributed by atoms with Crippen LogP contribution in [0.5, 0.6) is 0 Å². The van der Waals surface area contributed by atoms with Crippen LogP contribution in [0.25, 0.3) is 86.6 Å². The fourth-order valence-electron chi connectivity index (χ4n) is 8.65. The lowest BCUT2D eigenvalue weighted by molar-refractivity contribution is 1.30. The van der Waals surface area contributed by atoms with E-state index in [1.807, 2.05) is 11.3 Å². The average molecular weight is 782 g/mol. The Morgan fingerprint density at radius 1 is 0.283 bits per heavy atom. The van der Waals surface area contributed by atoms with Crippen LogP contribution in [0.2, 0.25) is 0 Å². The molecule has 0 saturated heterocycles. The molecule has 1 aromatic heterocycles. The molecule has 11 aromatic rings. The minimum absolute atomic E-state index is 1.11. The molecule has 10 aromatic carbocycles. The Bertz CT molecular complexity index is 3260. The van der Waals surface area contributed by atoms with E-state index in [9.17, 15) is 0 Å². The molecule has 0 atom stereocenters. The summed E-state index contributed by atoms with van der Waals surface area (Å²) < 4.78 is 2.55. The predicted molar refractivity (Wildman–Crippen MR) is 259 cm³/mol. The van der Waals surface area contributed by atoms with Crippen molar-refractivity contribution in [2.24, 2.45) is 0 Å². The molecule has 0 spiro atoms. The van der Waals surface area contributed by atoms with Crippen LogP contribution in [0.4, 0.5) is 17.1 Å². The predicted octanol–water partition coefficient (Wildman–Crippen LogP) is 17.0. The van der Waals surface area contributed by atoms with Gasteiger partial charge in [-0.15, -0.1) is 11.3 Å². The van der Waals surface area contributed by atoms with E-state index in [4.69, 9.17) is 0 Å². The van der Waals surface area contributed by atoms with Gasteiger partial charge in [0.25, 0.3) is 0 Å². The molecule has 0 radical (unpaired) electrons. The molecule has 2 heteroatoms. The van der Waals surface area contributed by atoms with Gasteiger partial charge in [-0.25, -0.2) is 0 Å². The first kappa shape index (κ1) is 35.6. The Morgan fingerprint density at radius 2 is 0.733 bits per heavy atom. The number of anilines is 3. The third-order valence-corrected chi connectivity index (χ3v) is 13.0. The second-order valence-electron chi connectivity index (χ2n) is 15.3. The Labute approximate surface area is 354 Å². The van der Waals surface area contributed by atoms with Crippen molar-refractivity contribution in [3.05, 3.63) is 237 Å². The highest BCUT2D eigenvalue weighted by Gasteiger charge is 2.22. The van der Waals surface area contributed by atoms with Gasteiger partial charge in [-0.05, 0) is 103 Å². The SMILES string of the molecule is c1ccc(-c2ccc(-c3ccc(N(c4ccc(-c5ccc6ccccc6c5)cc4)c4cccc5c4sc4c(-c6ccccc6)ccc(-c6ccccc6)c45)cc3)cc2)cc1. The molecular weight excluding hydrogens is 743 g/mol. The van der Waals surface area contributed by atoms with Gasteiger partial charge in [0.05, 0.1) is 10.4 Å². The van der Waals surface area contributed by atoms with E-state index < -0.39 is 0 Å². The molecule has 0 unspecified atom stereocenters. The highest BCUT2D eigenvalue weighted by Crippen LogP contribution is 2.50. The van der Waals surface area contributed by atoms with Crippen LogP contribution in [0.1, 0.15) is 0 Å². The van der Waals surface area contributed by atoms with Crippen LogP contribution < -0.4 is 4.90 Å². The Morgan fingerprint density at radius 3 is 1.33 bits per heavy atom. The van der Waals surface area contributed by atoms with E-state index in [-0.39, 0.29) is 0 Å². The fraction of sp³-hybridized carbons (Fsp3) is 0. The minimum Gasteiger partial charge on any atom is -0.309 e. The maximum absolute atomic E-state index is 2.44. The maximum atomic E-state index is 2.44. The van der Waals surface area contributed by atoms with Crippen LogP contribution in [-0.4, -0.2) is 0 Å². The van der Waals surface area contributed by atoms with Crippen molar-refractivity contribution in [2.75, 3.05) is 4.90 Å². The fourth-order valence-corrected chi connectivity index (χ4v) is 10.0. The highest BCUT2D eigenvalue weighted by atomic mass is 32.1. The van der Waals surface area contributed by atoms with Gasteiger partial charge in [-0.3, -0.25) is 0 Å². The number of hydrogen-bond acceptors (Lipinski definition) is 2. The summed E-state index contributed by atoms with van der Waals surface area (Å²) in [6, 6.07) is 86.0. The quantitative estimate of drug-likeness (QED) is 0.148. The van der Waals surface area contributed by atoms with Gasteiger partial charge in [0, 0.05) is 26.8 Å². The second-order valence-corrected chi connectivity index (χ2v) is 16.3. The van der Waals surface area contributed by atoms with E-state index in [1.54, 1.807) is 0 Å². The van der Waals surface area contributed by atoms with Gasteiger partial charge in [0.2, 0.25) is 0 Å². The first-order valence-electron chi connectivity index (χ1n) is 20.5. The second kappa shape index (κ2) is 15.3. The summed E-state index contributed by atoms with van der Waals surface area (Å²) in [5.74, 6) is 0. The molecule has 282 valence electrons. The zero-order chi connectivity index (χ0) is 39.8. The molecule has 60 heavy (non-hydrogen) atoms. The zero-order valence-corrected chi connectivity index (χ0v) is 33.7. The van der Waals surface area contributed by atoms with E-state index in [0.29, 0.717) is 0 Å². The van der Waals surface area contributed by atoms with Crippen LogP contribution in [0, 0.1) is 0 Å². The minimum atomic E-state index is 1.11. The standard InChI is InChI=1S/C58H39NS/c1-4-13-40(14-5-1)42-23-25-43(26-24-42)44-29-33-50(34-30-44)59(51-35-31-45(32-36-51)49-28-27-41-15-10-11-20-48(41)39-49)55-22-12-21-54-56-52(46-16-6-2-7-17-46)37-38-53(58(56)60-57(54)55)47-18-8-3-9-19-47/h1-39H. The Hall–Kier alpha value is -7.52. The van der Waals surface area contributed by atoms with Gasteiger partial charge in [-0.1, -0.05) is 200 Å². The van der Waals surface area contributed by atoms with Gasteiger partial charge >= 0.3 is 0 Å². The van der Waals surface area contributed by atoms with Crippen LogP contribution in [0.15, 0.2) is 237 Å². The molecule has 1 nitrogen and oxygen atoms in total. The van der Waals surface area contributed by atoms with E-state index in [2.05, 4.69) is 241 Å². The lowest BCUT2D eigenvalue weighted by Crippen LogP contribution is -2.10. The number of benzene rings is 10. The molecular formula is C58H39NS. The van der Waals surface area contributed by atoms with Gasteiger partial charge in [-0.2, -0.15) is 0 Å². The number of nitrogens with zero attached hydrogens (tertiary/aromatic N) is 1. The summed E-state index contributed by atoms with van der Waals surface area (Å²) in [5.41, 5.74) is 15.6. The lowest BCUT2D eigenvalue weighted by atomic mass is 9.95. The lowest BCUT2D eigenvalue weighted by Gasteiger charge is -2.26. The van der Waals surface area contributed by atoms with Crippen molar-refractivity contribution in [3.8, 4) is 55.6 Å². The van der Waals surface area contributed by atoms with Crippen molar-refractivity contribution < 1.29 is 0 Å². The Kier molecular flexibility index (Phi) is 9.11. The molecule has 0 aliphatic rings. The molecule has 1 heterocycles. The third-order valence-electron chi connectivity index (χ3n) is 11.7. The molecule has 0 fully saturated rings. The number of fused-ring (bicyclic) bond motifs is 4. The average Bonchev–Trinajstić information content (AvgIpc) is 3.73. The highest BCUT2D eigenvalue weighted by molar-refractivity contribution is 7.27. The monoisotopic (exact) mass is 781 g/mol. The smallest absolute Gasteiger partial charge is 0.0640 e. The number of hydrogen-bond donors (Lipinski definition) is 0. The molecule has 11 rings (SSSR count). The summed E-state index contributed by atoms with van der Waals surface area (Å²) in [6.07, 6.45) is 0. The molecule has 0 bridgehead atoms. The zero-order valence-electron chi connectivity index (χ0n) is 32.9. The summed E-state index contributed by atoms with van der Waals surface area (Å²) in [7, 11) is 0. The largest absolute Gasteiger partial charge is 0.309 e. The topological polar surface area (TPSA) is 3.24 Å². The van der Waals surface area contributed by atoms with Crippen molar-refractivity contribution in [3.63, 3.8) is 0 Å². The summed E-state index contributed by atoms with van der Waals surface area (Å²) in [4.78, 5) is 2.44. The van der Waals surface area contributed by atoms with E-state index in [0.717, 1.165) is 17.1 Å². The van der Waals surface area contributed by atoms with Crippen LogP contribution in [-0.2, 0) is 0 Å². The first-order chi connectivity index (χ1) is 29.7. The van der Waals surface area contributed by atoms with Crippen LogP contribution >= 0.6 is 11.3 Å². The summed E-state index contributed by atoms with van der Waals surface area (Å²) in [6.45, 7) is 0. The molecule has 0 amide bonds. The number of thiophene rings is 1.